The molecule has 0 saturated carbocycles. The van der Waals surface area contributed by atoms with E-state index in [2.05, 4.69) is 20.3 Å². The van der Waals surface area contributed by atoms with Crippen LogP contribution in [-0.4, -0.2) is 44.2 Å². The van der Waals surface area contributed by atoms with Crippen LogP contribution in [0.4, 0.5) is 5.82 Å². The third-order valence-corrected chi connectivity index (χ3v) is 4.60. The van der Waals surface area contributed by atoms with Gasteiger partial charge in [-0.2, -0.15) is 0 Å². The van der Waals surface area contributed by atoms with E-state index >= 15 is 0 Å². The molecule has 4 rings (SSSR count). The normalized spacial score (nSPS) is 16.7. The molecule has 0 aromatic carbocycles. The van der Waals surface area contributed by atoms with Crippen molar-refractivity contribution >= 4 is 17.0 Å². The Labute approximate surface area is 157 Å². The van der Waals surface area contributed by atoms with Crippen LogP contribution in [0.25, 0.3) is 11.2 Å². The molecule has 27 heavy (non-hydrogen) atoms. The van der Waals surface area contributed by atoms with E-state index in [0.29, 0.717) is 12.2 Å². The second kappa shape index (κ2) is 7.59. The van der Waals surface area contributed by atoms with Crippen LogP contribution < -0.4 is 5.32 Å². The number of methoxy groups -OCH3 is 1. The van der Waals surface area contributed by atoms with E-state index in [1.165, 1.54) is 5.56 Å². The maximum Gasteiger partial charge on any atom is 0.180 e. The molecular weight excluding hydrogens is 342 g/mol. The number of ether oxygens (including phenoxy) is 1. The number of pyridine rings is 1. The Hall–Kier alpha value is -3.19. The fraction of sp³-hybridized carbons (Fsp3) is 0.250. The summed E-state index contributed by atoms with van der Waals surface area (Å²) < 4.78 is 7.27. The second-order valence-corrected chi connectivity index (χ2v) is 6.31. The van der Waals surface area contributed by atoms with Gasteiger partial charge in [0.15, 0.2) is 11.5 Å². The predicted octanol–water partition coefficient (Wildman–Crippen LogP) is 2.46. The fourth-order valence-electron chi connectivity index (χ4n) is 3.17. The van der Waals surface area contributed by atoms with Crippen molar-refractivity contribution < 1.29 is 9.84 Å². The van der Waals surface area contributed by atoms with Crippen molar-refractivity contribution in [2.75, 3.05) is 19.0 Å². The Balaban J connectivity index is 1.56. The third-order valence-electron chi connectivity index (χ3n) is 4.60. The van der Waals surface area contributed by atoms with Gasteiger partial charge in [0.1, 0.15) is 11.9 Å². The lowest BCUT2D eigenvalue weighted by Gasteiger charge is -2.18. The fourth-order valence-corrected chi connectivity index (χ4v) is 3.17. The first-order chi connectivity index (χ1) is 13.3. The number of fused-ring (bicyclic) bond motifs is 1. The summed E-state index contributed by atoms with van der Waals surface area (Å²) in [4.78, 5) is 13.0. The molecule has 1 aliphatic rings. The van der Waals surface area contributed by atoms with E-state index in [4.69, 9.17) is 4.74 Å². The van der Waals surface area contributed by atoms with Crippen LogP contribution in [0, 0.1) is 0 Å². The molecule has 7 heteroatoms. The lowest BCUT2D eigenvalue weighted by molar-refractivity contribution is 0.129. The van der Waals surface area contributed by atoms with Gasteiger partial charge in [-0.25, -0.2) is 9.97 Å². The summed E-state index contributed by atoms with van der Waals surface area (Å²) in [5.74, 6) is 1.30. The SMILES string of the molecule is COC1=CC(c2cnc3c(NCCc4ccncc4)nccn23)=CCC1O. The molecule has 3 aromatic heterocycles. The van der Waals surface area contributed by atoms with Crippen LogP contribution >= 0.6 is 0 Å². The van der Waals surface area contributed by atoms with E-state index in [1.54, 1.807) is 25.7 Å². The highest BCUT2D eigenvalue weighted by Crippen LogP contribution is 2.27. The molecule has 1 unspecified atom stereocenters. The molecule has 1 atom stereocenters. The number of aromatic nitrogens is 4. The molecule has 1 aliphatic carbocycles. The number of aliphatic hydroxyl groups excluding tert-OH is 1. The zero-order chi connectivity index (χ0) is 18.6. The van der Waals surface area contributed by atoms with Gasteiger partial charge >= 0.3 is 0 Å². The van der Waals surface area contributed by atoms with Gasteiger partial charge in [0.25, 0.3) is 0 Å². The van der Waals surface area contributed by atoms with E-state index in [1.807, 2.05) is 41.1 Å². The van der Waals surface area contributed by atoms with Crippen LogP contribution in [0.15, 0.2) is 61.0 Å². The molecule has 0 bridgehead atoms. The first-order valence-electron chi connectivity index (χ1n) is 8.85. The summed E-state index contributed by atoms with van der Waals surface area (Å²) >= 11 is 0. The maximum atomic E-state index is 9.95. The molecule has 0 saturated heterocycles. The lowest BCUT2D eigenvalue weighted by Crippen LogP contribution is -2.14. The largest absolute Gasteiger partial charge is 0.498 e. The smallest absolute Gasteiger partial charge is 0.180 e. The number of hydrogen-bond donors (Lipinski definition) is 2. The van der Waals surface area contributed by atoms with Crippen LogP contribution in [-0.2, 0) is 11.2 Å². The van der Waals surface area contributed by atoms with E-state index in [9.17, 15) is 5.11 Å². The minimum Gasteiger partial charge on any atom is -0.498 e. The average molecular weight is 363 g/mol. The molecule has 2 N–H and O–H groups in total. The van der Waals surface area contributed by atoms with Gasteiger partial charge in [-0.05, 0) is 42.2 Å². The summed E-state index contributed by atoms with van der Waals surface area (Å²) in [6.07, 6.45) is 13.7. The summed E-state index contributed by atoms with van der Waals surface area (Å²) in [7, 11) is 1.57. The van der Waals surface area contributed by atoms with Gasteiger partial charge in [-0.3, -0.25) is 9.38 Å². The minimum absolute atomic E-state index is 0.518. The van der Waals surface area contributed by atoms with E-state index in [0.717, 1.165) is 35.7 Å². The molecule has 0 radical (unpaired) electrons. The van der Waals surface area contributed by atoms with Gasteiger partial charge in [-0.1, -0.05) is 6.08 Å². The summed E-state index contributed by atoms with van der Waals surface area (Å²) in [5, 5.41) is 13.3. The zero-order valence-corrected chi connectivity index (χ0v) is 15.0. The van der Waals surface area contributed by atoms with Crippen LogP contribution in [0.5, 0.6) is 0 Å². The Morgan fingerprint density at radius 1 is 1.26 bits per heavy atom. The summed E-state index contributed by atoms with van der Waals surface area (Å²) in [5.41, 5.74) is 3.89. The Kier molecular flexibility index (Phi) is 4.84. The second-order valence-electron chi connectivity index (χ2n) is 6.31. The van der Waals surface area contributed by atoms with Crippen molar-refractivity contribution in [2.24, 2.45) is 0 Å². The number of nitrogens with zero attached hydrogens (tertiary/aromatic N) is 4. The minimum atomic E-state index is -0.593. The third kappa shape index (κ3) is 3.54. The monoisotopic (exact) mass is 363 g/mol. The molecular formula is C20H21N5O2. The predicted molar refractivity (Wildman–Crippen MR) is 103 cm³/mol. The van der Waals surface area contributed by atoms with Crippen LogP contribution in [0.3, 0.4) is 0 Å². The number of anilines is 1. The van der Waals surface area contributed by atoms with Gasteiger partial charge in [-0.15, -0.1) is 0 Å². The van der Waals surface area contributed by atoms with Gasteiger partial charge in [0.2, 0.25) is 0 Å². The molecule has 0 fully saturated rings. The zero-order valence-electron chi connectivity index (χ0n) is 15.0. The first kappa shape index (κ1) is 17.2. The number of nitrogens with one attached hydrogen (secondary N) is 1. The molecule has 3 heterocycles. The number of allylic oxidation sites excluding steroid dienone is 2. The van der Waals surface area contributed by atoms with Gasteiger partial charge in [0.05, 0.1) is 19.0 Å². The highest BCUT2D eigenvalue weighted by molar-refractivity contribution is 5.77. The Morgan fingerprint density at radius 3 is 2.93 bits per heavy atom. The number of imidazole rings is 1. The summed E-state index contributed by atoms with van der Waals surface area (Å²) in [6.45, 7) is 0.751. The molecule has 0 spiro atoms. The highest BCUT2D eigenvalue weighted by atomic mass is 16.5. The maximum absolute atomic E-state index is 9.95. The van der Waals surface area contributed by atoms with Crippen molar-refractivity contribution in [3.05, 3.63) is 72.3 Å². The number of rotatable bonds is 6. The quantitative estimate of drug-likeness (QED) is 0.700. The highest BCUT2D eigenvalue weighted by Gasteiger charge is 2.19. The average Bonchev–Trinajstić information content (AvgIpc) is 3.14. The van der Waals surface area contributed by atoms with Crippen molar-refractivity contribution in [3.63, 3.8) is 0 Å². The van der Waals surface area contributed by atoms with E-state index in [-0.39, 0.29) is 0 Å². The van der Waals surface area contributed by atoms with Crippen molar-refractivity contribution in [3.8, 4) is 0 Å². The number of hydrogen-bond acceptors (Lipinski definition) is 6. The Bertz CT molecular complexity index is 994. The standard InChI is InChI=1S/C20H21N5O2/c1-27-18-12-15(2-3-17(18)26)16-13-24-20-19(23-10-11-25(16)20)22-9-6-14-4-7-21-8-5-14/h2,4-5,7-8,10-13,17,26H,3,6,9H2,1H3,(H,22,23). The first-order valence-corrected chi connectivity index (χ1v) is 8.85. The van der Waals surface area contributed by atoms with Gasteiger partial charge in [0, 0.05) is 31.3 Å². The van der Waals surface area contributed by atoms with Crippen LogP contribution in [0.2, 0.25) is 0 Å². The lowest BCUT2D eigenvalue weighted by atomic mass is 10.0. The molecule has 7 nitrogen and oxygen atoms in total. The summed E-state index contributed by atoms with van der Waals surface area (Å²) in [6, 6.07) is 4.01. The van der Waals surface area contributed by atoms with Crippen molar-refractivity contribution in [1.29, 1.82) is 0 Å². The molecule has 0 aliphatic heterocycles. The Morgan fingerprint density at radius 2 is 2.11 bits per heavy atom. The van der Waals surface area contributed by atoms with E-state index < -0.39 is 6.10 Å². The molecule has 3 aromatic rings. The van der Waals surface area contributed by atoms with Gasteiger partial charge < -0.3 is 15.2 Å². The van der Waals surface area contributed by atoms with Crippen LogP contribution in [0.1, 0.15) is 17.7 Å². The molecule has 138 valence electrons. The van der Waals surface area contributed by atoms with Crippen molar-refractivity contribution in [2.45, 2.75) is 18.9 Å². The molecule has 0 amide bonds. The van der Waals surface area contributed by atoms with Crippen molar-refractivity contribution in [1.82, 2.24) is 19.4 Å². The topological polar surface area (TPSA) is 84.6 Å². The number of aliphatic hydroxyl groups is 1.